The first-order chi connectivity index (χ1) is 19.1. The van der Waals surface area contributed by atoms with Gasteiger partial charge in [-0.1, -0.05) is 25.7 Å². The standard InChI is InChI=1S/C27H33F2N7O4/c1-2-35-20(11-12-31-35)23(37)33-22(17-7-5-3-4-6-8-17)19-14-36-21(32-19)10-9-18(34-36)13-26(25(39)40)15-27(28,29)16-30-24(26)38/h9-12,14,17,22H,2-8,13,15-16H2,1H3,(H,30,38)(H,33,37)(H,39,40)/t22-,26-/m0/s1. The van der Waals surface area contributed by atoms with Crippen molar-refractivity contribution in [3.8, 4) is 0 Å². The van der Waals surface area contributed by atoms with Crippen LogP contribution in [0.2, 0.25) is 0 Å². The number of aliphatic carboxylic acids is 1. The summed E-state index contributed by atoms with van der Waals surface area (Å²) in [4.78, 5) is 42.7. The molecule has 3 aromatic rings. The largest absolute Gasteiger partial charge is 0.480 e. The molecule has 1 aliphatic carbocycles. The Morgan fingerprint density at radius 1 is 1.20 bits per heavy atom. The number of carboxylic acid groups (broad SMARTS) is 1. The predicted octanol–water partition coefficient (Wildman–Crippen LogP) is 3.16. The minimum Gasteiger partial charge on any atom is -0.480 e. The van der Waals surface area contributed by atoms with Crippen LogP contribution in [0.1, 0.15) is 79.8 Å². The zero-order valence-corrected chi connectivity index (χ0v) is 22.3. The van der Waals surface area contributed by atoms with Crippen molar-refractivity contribution in [2.45, 2.75) is 76.8 Å². The number of carbonyl (C=O) groups is 3. The molecule has 0 bridgehead atoms. The third-order valence-electron chi connectivity index (χ3n) is 8.01. The number of hydrogen-bond acceptors (Lipinski definition) is 6. The lowest BCUT2D eigenvalue weighted by Gasteiger charge is -2.36. The van der Waals surface area contributed by atoms with Crippen LogP contribution in [0.15, 0.2) is 30.6 Å². The molecule has 13 heteroatoms. The van der Waals surface area contributed by atoms with Crippen molar-refractivity contribution in [2.75, 3.05) is 6.54 Å². The highest BCUT2D eigenvalue weighted by atomic mass is 19.3. The zero-order chi connectivity index (χ0) is 28.5. The summed E-state index contributed by atoms with van der Waals surface area (Å²) in [5.74, 6) is -6.04. The average molecular weight is 558 g/mol. The van der Waals surface area contributed by atoms with Crippen LogP contribution in [-0.2, 0) is 22.6 Å². The van der Waals surface area contributed by atoms with E-state index in [1.165, 1.54) is 10.6 Å². The molecule has 3 aromatic heterocycles. The number of carboxylic acids is 1. The number of aryl methyl sites for hydroxylation is 1. The molecule has 11 nitrogen and oxygen atoms in total. The van der Waals surface area contributed by atoms with Crippen LogP contribution >= 0.6 is 0 Å². The van der Waals surface area contributed by atoms with Gasteiger partial charge in [-0.25, -0.2) is 18.3 Å². The van der Waals surface area contributed by atoms with Crippen molar-refractivity contribution in [3.05, 3.63) is 47.7 Å². The van der Waals surface area contributed by atoms with Gasteiger partial charge in [-0.15, -0.1) is 0 Å². The molecule has 2 aliphatic rings. The van der Waals surface area contributed by atoms with Crippen LogP contribution < -0.4 is 10.6 Å². The maximum atomic E-state index is 14.2. The monoisotopic (exact) mass is 557 g/mol. The number of imidazole rings is 1. The number of nitrogens with zero attached hydrogens (tertiary/aromatic N) is 5. The molecule has 40 heavy (non-hydrogen) atoms. The molecule has 1 aliphatic heterocycles. The Morgan fingerprint density at radius 3 is 2.65 bits per heavy atom. The van der Waals surface area contributed by atoms with E-state index in [1.54, 1.807) is 29.2 Å². The van der Waals surface area contributed by atoms with Gasteiger partial charge in [-0.2, -0.15) is 10.2 Å². The first kappa shape index (κ1) is 27.7. The molecule has 1 saturated carbocycles. The number of aromatic nitrogens is 5. The van der Waals surface area contributed by atoms with Crippen molar-refractivity contribution >= 4 is 23.4 Å². The Bertz CT molecular complexity index is 1410. The van der Waals surface area contributed by atoms with E-state index in [9.17, 15) is 28.3 Å². The summed E-state index contributed by atoms with van der Waals surface area (Å²) in [6, 6.07) is 4.38. The summed E-state index contributed by atoms with van der Waals surface area (Å²) >= 11 is 0. The van der Waals surface area contributed by atoms with E-state index in [1.807, 2.05) is 12.2 Å². The van der Waals surface area contributed by atoms with Gasteiger partial charge in [-0.05, 0) is 43.9 Å². The Labute approximate surface area is 229 Å². The lowest BCUT2D eigenvalue weighted by molar-refractivity contribution is -0.169. The van der Waals surface area contributed by atoms with Gasteiger partial charge in [0.2, 0.25) is 5.91 Å². The molecule has 2 fully saturated rings. The van der Waals surface area contributed by atoms with Gasteiger partial charge in [0, 0.05) is 25.6 Å². The number of carbonyl (C=O) groups excluding carboxylic acids is 2. The Kier molecular flexibility index (Phi) is 7.56. The van der Waals surface area contributed by atoms with Crippen molar-refractivity contribution in [2.24, 2.45) is 11.3 Å². The van der Waals surface area contributed by atoms with Crippen LogP contribution in [0.3, 0.4) is 0 Å². The number of amides is 2. The molecule has 4 heterocycles. The van der Waals surface area contributed by atoms with Crippen molar-refractivity contribution in [1.82, 2.24) is 35.0 Å². The second-order valence-corrected chi connectivity index (χ2v) is 10.8. The fourth-order valence-electron chi connectivity index (χ4n) is 5.92. The Balaban J connectivity index is 1.46. The van der Waals surface area contributed by atoms with Crippen LogP contribution in [-0.4, -0.2) is 59.7 Å². The molecule has 2 atom stereocenters. The van der Waals surface area contributed by atoms with E-state index in [0.29, 0.717) is 23.6 Å². The van der Waals surface area contributed by atoms with Crippen LogP contribution in [0.25, 0.3) is 5.65 Å². The van der Waals surface area contributed by atoms with E-state index < -0.39 is 48.6 Å². The molecular weight excluding hydrogens is 524 g/mol. The second kappa shape index (κ2) is 10.9. The van der Waals surface area contributed by atoms with Crippen molar-refractivity contribution in [3.63, 3.8) is 0 Å². The first-order valence-corrected chi connectivity index (χ1v) is 13.7. The normalized spacial score (nSPS) is 22.4. The Hall–Kier alpha value is -3.90. The van der Waals surface area contributed by atoms with Gasteiger partial charge >= 0.3 is 5.97 Å². The van der Waals surface area contributed by atoms with Gasteiger partial charge in [0.05, 0.1) is 30.2 Å². The fraction of sp³-hybridized carbons (Fsp3) is 0.556. The minimum absolute atomic E-state index is 0.150. The molecule has 0 spiro atoms. The van der Waals surface area contributed by atoms with Gasteiger partial charge in [0.1, 0.15) is 5.69 Å². The molecular formula is C27H33F2N7O4. The fourth-order valence-corrected chi connectivity index (χ4v) is 5.92. The third kappa shape index (κ3) is 5.41. The lowest BCUT2D eigenvalue weighted by atomic mass is 9.74. The lowest BCUT2D eigenvalue weighted by Crippen LogP contribution is -2.59. The number of rotatable bonds is 8. The van der Waals surface area contributed by atoms with Gasteiger partial charge in [-0.3, -0.25) is 19.1 Å². The summed E-state index contributed by atoms with van der Waals surface area (Å²) < 4.78 is 31.4. The van der Waals surface area contributed by atoms with Gasteiger partial charge < -0.3 is 15.7 Å². The van der Waals surface area contributed by atoms with E-state index in [-0.39, 0.29) is 17.5 Å². The van der Waals surface area contributed by atoms with Crippen molar-refractivity contribution in [1.29, 1.82) is 0 Å². The highest BCUT2D eigenvalue weighted by Gasteiger charge is 2.56. The number of fused-ring (bicyclic) bond motifs is 1. The molecule has 1 saturated heterocycles. The number of halogens is 2. The minimum atomic E-state index is -3.35. The highest BCUT2D eigenvalue weighted by Crippen LogP contribution is 2.39. The van der Waals surface area contributed by atoms with E-state index in [2.05, 4.69) is 15.5 Å². The SMILES string of the molecule is CCn1nccc1C(=O)N[C@H](c1cn2nc(C[C@]3(C(=O)O)CC(F)(F)CNC3=O)ccc2n1)C1CCCCCC1. The van der Waals surface area contributed by atoms with Gasteiger partial charge in [0.15, 0.2) is 11.1 Å². The van der Waals surface area contributed by atoms with E-state index in [4.69, 9.17) is 4.98 Å². The number of nitrogens with one attached hydrogen (secondary N) is 2. The van der Waals surface area contributed by atoms with Crippen LogP contribution in [0.4, 0.5) is 8.78 Å². The predicted molar refractivity (Wildman–Crippen MR) is 139 cm³/mol. The summed E-state index contributed by atoms with van der Waals surface area (Å²) in [6.07, 6.45) is 7.85. The molecule has 0 radical (unpaired) electrons. The smallest absolute Gasteiger partial charge is 0.319 e. The van der Waals surface area contributed by atoms with Gasteiger partial charge in [0.25, 0.3) is 11.8 Å². The maximum Gasteiger partial charge on any atom is 0.319 e. The first-order valence-electron chi connectivity index (χ1n) is 13.7. The number of alkyl halides is 2. The Morgan fingerprint density at radius 2 is 1.95 bits per heavy atom. The topological polar surface area (TPSA) is 144 Å². The molecule has 2 amide bonds. The molecule has 0 unspecified atom stereocenters. The zero-order valence-electron chi connectivity index (χ0n) is 22.3. The highest BCUT2D eigenvalue weighted by molar-refractivity contribution is 6.03. The molecule has 3 N–H and O–H groups in total. The summed E-state index contributed by atoms with van der Waals surface area (Å²) in [6.45, 7) is 1.56. The number of piperidine rings is 1. The average Bonchev–Trinajstić information content (AvgIpc) is 3.48. The van der Waals surface area contributed by atoms with Crippen LogP contribution in [0, 0.1) is 11.3 Å². The number of hydrogen-bond donors (Lipinski definition) is 3. The molecule has 0 aromatic carbocycles. The van der Waals surface area contributed by atoms with E-state index in [0.717, 1.165) is 38.5 Å². The quantitative estimate of drug-likeness (QED) is 0.285. The molecule has 5 rings (SSSR count). The van der Waals surface area contributed by atoms with Crippen LogP contribution in [0.5, 0.6) is 0 Å². The molecule has 214 valence electrons. The summed E-state index contributed by atoms with van der Waals surface area (Å²) in [7, 11) is 0. The van der Waals surface area contributed by atoms with Crippen molar-refractivity contribution < 1.29 is 28.3 Å². The summed E-state index contributed by atoms with van der Waals surface area (Å²) in [5, 5.41) is 23.7. The summed E-state index contributed by atoms with van der Waals surface area (Å²) in [5.41, 5.74) is -0.680. The maximum absolute atomic E-state index is 14.2. The van der Waals surface area contributed by atoms with E-state index >= 15 is 0 Å². The second-order valence-electron chi connectivity index (χ2n) is 10.8. The third-order valence-corrected chi connectivity index (χ3v) is 8.01.